The molecule has 20 heavy (non-hydrogen) atoms. The molecule has 1 aliphatic rings. The molecule has 1 aromatic rings. The van der Waals surface area contributed by atoms with Crippen molar-refractivity contribution < 1.29 is 19.0 Å². The second kappa shape index (κ2) is 5.43. The van der Waals surface area contributed by atoms with Crippen LogP contribution >= 0.6 is 0 Å². The number of halogens is 1. The average Bonchev–Trinajstić information content (AvgIpc) is 2.36. The Bertz CT molecular complexity index is 510. The van der Waals surface area contributed by atoms with Crippen LogP contribution in [0, 0.1) is 17.2 Å². The van der Waals surface area contributed by atoms with E-state index in [0.717, 1.165) is 6.42 Å². The molecule has 0 radical (unpaired) electrons. The van der Waals surface area contributed by atoms with Crippen LogP contribution in [0.25, 0.3) is 0 Å². The molecule has 0 bridgehead atoms. The fraction of sp³-hybridized carbons (Fsp3) is 0.562. The zero-order valence-electron chi connectivity index (χ0n) is 12.1. The Hall–Kier alpha value is -1.58. The third-order valence-corrected chi connectivity index (χ3v) is 4.31. The molecule has 0 aliphatic heterocycles. The number of carboxylic acids is 1. The molecule has 2 unspecified atom stereocenters. The fourth-order valence-corrected chi connectivity index (χ4v) is 3.14. The summed E-state index contributed by atoms with van der Waals surface area (Å²) in [5, 5.41) is 9.38. The lowest BCUT2D eigenvalue weighted by Crippen LogP contribution is -2.33. The molecule has 0 amide bonds. The first kappa shape index (κ1) is 14.8. The van der Waals surface area contributed by atoms with Crippen LogP contribution in [0.1, 0.15) is 44.6 Å². The van der Waals surface area contributed by atoms with Gasteiger partial charge in [0.05, 0.1) is 13.0 Å². The summed E-state index contributed by atoms with van der Waals surface area (Å²) in [6.45, 7) is 4.22. The van der Waals surface area contributed by atoms with Crippen LogP contribution in [-0.2, 0) is 4.79 Å². The summed E-state index contributed by atoms with van der Waals surface area (Å²) in [7, 11) is 1.48. The first-order valence-corrected chi connectivity index (χ1v) is 6.90. The number of aliphatic carboxylic acids is 1. The number of carboxylic acid groups (broad SMARTS) is 1. The number of hydrogen-bond acceptors (Lipinski definition) is 2. The van der Waals surface area contributed by atoms with Crippen molar-refractivity contribution in [3.63, 3.8) is 0 Å². The fourth-order valence-electron chi connectivity index (χ4n) is 3.14. The number of rotatable bonds is 3. The summed E-state index contributed by atoms with van der Waals surface area (Å²) in [6.07, 6.45) is 2.14. The summed E-state index contributed by atoms with van der Waals surface area (Å²) in [6, 6.07) is 4.69. The van der Waals surface area contributed by atoms with Gasteiger partial charge < -0.3 is 9.84 Å². The van der Waals surface area contributed by atoms with Gasteiger partial charge in [0.2, 0.25) is 0 Å². The van der Waals surface area contributed by atoms with Gasteiger partial charge in [0.15, 0.2) is 0 Å². The van der Waals surface area contributed by atoms with E-state index in [1.54, 1.807) is 12.1 Å². The van der Waals surface area contributed by atoms with Crippen molar-refractivity contribution >= 4 is 5.97 Å². The van der Waals surface area contributed by atoms with Crippen LogP contribution in [0.5, 0.6) is 5.75 Å². The Morgan fingerprint density at radius 2 is 2.15 bits per heavy atom. The van der Waals surface area contributed by atoms with Gasteiger partial charge >= 0.3 is 5.97 Å². The molecule has 1 aromatic carbocycles. The molecule has 0 aromatic heterocycles. The van der Waals surface area contributed by atoms with Crippen molar-refractivity contribution in [1.29, 1.82) is 0 Å². The molecule has 1 saturated carbocycles. The van der Waals surface area contributed by atoms with Gasteiger partial charge in [-0.2, -0.15) is 0 Å². The predicted molar refractivity (Wildman–Crippen MR) is 74.5 cm³/mol. The van der Waals surface area contributed by atoms with Gasteiger partial charge in [0.25, 0.3) is 0 Å². The van der Waals surface area contributed by atoms with Crippen molar-refractivity contribution in [2.45, 2.75) is 39.0 Å². The Labute approximate surface area is 118 Å². The van der Waals surface area contributed by atoms with E-state index in [1.165, 1.54) is 13.2 Å². The summed E-state index contributed by atoms with van der Waals surface area (Å²) in [5.74, 6) is -1.54. The summed E-state index contributed by atoms with van der Waals surface area (Å²) in [5.41, 5.74) is 0.536. The molecule has 2 atom stereocenters. The average molecular weight is 280 g/mol. The van der Waals surface area contributed by atoms with E-state index in [0.29, 0.717) is 24.2 Å². The van der Waals surface area contributed by atoms with Crippen molar-refractivity contribution in [1.82, 2.24) is 0 Å². The van der Waals surface area contributed by atoms with Gasteiger partial charge in [-0.05, 0) is 36.3 Å². The SMILES string of the molecule is COc1ccc(C2CC(C)(C)CCC2C(=O)O)c(F)c1. The number of methoxy groups -OCH3 is 1. The number of ether oxygens (including phenoxy) is 1. The van der Waals surface area contributed by atoms with Crippen LogP contribution in [0.4, 0.5) is 4.39 Å². The van der Waals surface area contributed by atoms with E-state index < -0.39 is 11.9 Å². The molecular weight excluding hydrogens is 259 g/mol. The van der Waals surface area contributed by atoms with E-state index in [9.17, 15) is 14.3 Å². The number of benzene rings is 1. The standard InChI is InChI=1S/C16H21FO3/c1-16(2)7-6-12(15(18)19)13(9-16)11-5-4-10(20-3)8-14(11)17/h4-5,8,12-13H,6-7,9H2,1-3H3,(H,18,19). The monoisotopic (exact) mass is 280 g/mol. The summed E-state index contributed by atoms with van der Waals surface area (Å²) < 4.78 is 19.2. The van der Waals surface area contributed by atoms with Crippen LogP contribution < -0.4 is 4.74 Å². The quantitative estimate of drug-likeness (QED) is 0.915. The lowest BCUT2D eigenvalue weighted by atomic mass is 9.65. The molecular formula is C16H21FO3. The predicted octanol–water partition coefficient (Wildman–Crippen LogP) is 3.83. The normalized spacial score (nSPS) is 25.2. The minimum atomic E-state index is -0.833. The zero-order chi connectivity index (χ0) is 14.9. The maximum Gasteiger partial charge on any atom is 0.307 e. The third-order valence-electron chi connectivity index (χ3n) is 4.31. The van der Waals surface area contributed by atoms with Gasteiger partial charge in [-0.15, -0.1) is 0 Å². The first-order chi connectivity index (χ1) is 9.34. The highest BCUT2D eigenvalue weighted by Crippen LogP contribution is 2.47. The molecule has 3 nitrogen and oxygen atoms in total. The highest BCUT2D eigenvalue weighted by Gasteiger charge is 2.40. The Morgan fingerprint density at radius 1 is 1.45 bits per heavy atom. The molecule has 1 N–H and O–H groups in total. The number of hydrogen-bond donors (Lipinski definition) is 1. The molecule has 2 rings (SSSR count). The molecule has 1 aliphatic carbocycles. The summed E-state index contributed by atoms with van der Waals surface area (Å²) >= 11 is 0. The lowest BCUT2D eigenvalue weighted by Gasteiger charge is -2.39. The summed E-state index contributed by atoms with van der Waals surface area (Å²) in [4.78, 5) is 11.4. The van der Waals surface area contributed by atoms with Crippen LogP contribution in [0.2, 0.25) is 0 Å². The topological polar surface area (TPSA) is 46.5 Å². The Balaban J connectivity index is 2.37. The first-order valence-electron chi connectivity index (χ1n) is 6.90. The molecule has 110 valence electrons. The number of carbonyl (C=O) groups is 1. The second-order valence-corrected chi connectivity index (χ2v) is 6.35. The van der Waals surface area contributed by atoms with E-state index in [2.05, 4.69) is 13.8 Å². The van der Waals surface area contributed by atoms with Crippen molar-refractivity contribution in [2.24, 2.45) is 11.3 Å². The van der Waals surface area contributed by atoms with Gasteiger partial charge in [-0.1, -0.05) is 19.9 Å². The molecule has 0 heterocycles. The van der Waals surface area contributed by atoms with E-state index in [4.69, 9.17) is 4.74 Å². The van der Waals surface area contributed by atoms with Crippen molar-refractivity contribution in [2.75, 3.05) is 7.11 Å². The largest absolute Gasteiger partial charge is 0.497 e. The molecule has 0 spiro atoms. The molecule has 1 fully saturated rings. The molecule has 4 heteroatoms. The van der Waals surface area contributed by atoms with Crippen molar-refractivity contribution in [3.8, 4) is 5.75 Å². The van der Waals surface area contributed by atoms with E-state index in [-0.39, 0.29) is 17.2 Å². The third kappa shape index (κ3) is 2.94. The molecule has 0 saturated heterocycles. The minimum absolute atomic E-state index is 0.0446. The van der Waals surface area contributed by atoms with Crippen LogP contribution in [0.15, 0.2) is 18.2 Å². The van der Waals surface area contributed by atoms with Gasteiger partial charge in [0.1, 0.15) is 11.6 Å². The van der Waals surface area contributed by atoms with Gasteiger partial charge in [-0.3, -0.25) is 4.79 Å². The lowest BCUT2D eigenvalue weighted by molar-refractivity contribution is -0.144. The maximum atomic E-state index is 14.2. The Morgan fingerprint density at radius 3 is 2.70 bits per heavy atom. The van der Waals surface area contributed by atoms with Crippen LogP contribution in [0.3, 0.4) is 0 Å². The zero-order valence-corrected chi connectivity index (χ0v) is 12.1. The van der Waals surface area contributed by atoms with Crippen molar-refractivity contribution in [3.05, 3.63) is 29.6 Å². The van der Waals surface area contributed by atoms with E-state index >= 15 is 0 Å². The smallest absolute Gasteiger partial charge is 0.307 e. The van der Waals surface area contributed by atoms with E-state index in [1.807, 2.05) is 0 Å². The Kier molecular flexibility index (Phi) is 4.02. The maximum absolute atomic E-state index is 14.2. The van der Waals surface area contributed by atoms with Crippen LogP contribution in [-0.4, -0.2) is 18.2 Å². The van der Waals surface area contributed by atoms with Gasteiger partial charge in [-0.25, -0.2) is 4.39 Å². The van der Waals surface area contributed by atoms with Gasteiger partial charge in [0, 0.05) is 12.0 Å². The highest BCUT2D eigenvalue weighted by molar-refractivity contribution is 5.71. The minimum Gasteiger partial charge on any atom is -0.497 e. The highest BCUT2D eigenvalue weighted by atomic mass is 19.1. The second-order valence-electron chi connectivity index (χ2n) is 6.35.